The average molecular weight is 707 g/mol. The third-order valence-electron chi connectivity index (χ3n) is 10.0. The van der Waals surface area contributed by atoms with Crippen LogP contribution in [0.3, 0.4) is 0 Å². The van der Waals surface area contributed by atoms with E-state index < -0.39 is 25.4 Å². The fourth-order valence-electron chi connectivity index (χ4n) is 7.61. The molecule has 53 heavy (non-hydrogen) atoms. The molecule has 0 aliphatic heterocycles. The van der Waals surface area contributed by atoms with Gasteiger partial charge in [0.15, 0.2) is 0 Å². The molecule has 1 unspecified atom stereocenters. The van der Waals surface area contributed by atoms with Crippen LogP contribution in [0.4, 0.5) is 0 Å². The fraction of sp³-hybridized carbons (Fsp3) is 0.260. The average Bonchev–Trinajstić information content (AvgIpc) is 3.16. The summed E-state index contributed by atoms with van der Waals surface area (Å²) in [6.45, 7) is 13.6. The third-order valence-corrected chi connectivity index (χ3v) is 16.3. The molecule has 0 bridgehead atoms. The Kier molecular flexibility index (Phi) is 14.6. The Balaban J connectivity index is 1.46. The van der Waals surface area contributed by atoms with Gasteiger partial charge in [-0.3, -0.25) is 4.79 Å². The fourth-order valence-corrected chi connectivity index (χ4v) is 12.8. The summed E-state index contributed by atoms with van der Waals surface area (Å²) in [5.41, 5.74) is 9.80. The summed E-state index contributed by atoms with van der Waals surface area (Å²) in [6, 6.07) is 39.3. The highest BCUT2D eigenvalue weighted by molar-refractivity contribution is 6.90. The van der Waals surface area contributed by atoms with Crippen molar-refractivity contribution in [1.29, 1.82) is 0 Å². The van der Waals surface area contributed by atoms with Crippen LogP contribution in [0.25, 0.3) is 0 Å². The minimum absolute atomic E-state index is 0.360. The second-order valence-electron chi connectivity index (χ2n) is 13.8. The van der Waals surface area contributed by atoms with Crippen LogP contribution in [-0.4, -0.2) is 19.1 Å². The van der Waals surface area contributed by atoms with Gasteiger partial charge in [-0.15, -0.1) is 5.54 Å². The summed E-state index contributed by atoms with van der Waals surface area (Å²) in [7, 11) is -1.80. The Morgan fingerprint density at radius 3 is 1.26 bits per heavy atom. The maximum Gasteiger partial charge on any atom is 0.311 e. The molecule has 0 radical (unpaired) electrons. The van der Waals surface area contributed by atoms with Crippen molar-refractivity contribution in [1.82, 2.24) is 0 Å². The maximum absolute atomic E-state index is 12.4. The number of carboxylic acid groups (broad SMARTS) is 1. The topological polar surface area (TPSA) is 37.3 Å². The molecule has 0 aromatic heterocycles. The number of rotatable bonds is 11. The van der Waals surface area contributed by atoms with Crippen molar-refractivity contribution in [3.63, 3.8) is 0 Å². The summed E-state index contributed by atoms with van der Waals surface area (Å²) >= 11 is 0. The molecule has 2 nitrogen and oxygen atoms in total. The predicted octanol–water partition coefficient (Wildman–Crippen LogP) is 10.3. The van der Waals surface area contributed by atoms with Gasteiger partial charge in [-0.05, 0) is 110 Å². The third kappa shape index (κ3) is 9.63. The molecule has 0 spiro atoms. The smallest absolute Gasteiger partial charge is 0.311 e. The highest BCUT2D eigenvalue weighted by atomic mass is 28.3. The van der Waals surface area contributed by atoms with Crippen molar-refractivity contribution in [3.8, 4) is 70.7 Å². The number of carboxylic acids is 1. The van der Waals surface area contributed by atoms with E-state index in [1.165, 1.54) is 0 Å². The molecular formula is C50H46O2Si. The SMILES string of the molecule is CC(C)[Si](C#CC#CC#CC#CC#CC#CCCC(C(=O)O)c1ccc(C(c2ccccc2)(c2ccccc2)c2ccccc2)cc1)(C(C)C)C(C)C. The second kappa shape index (κ2) is 19.5. The van der Waals surface area contributed by atoms with Crippen LogP contribution in [0.5, 0.6) is 0 Å². The van der Waals surface area contributed by atoms with E-state index in [2.05, 4.69) is 197 Å². The van der Waals surface area contributed by atoms with Crippen molar-refractivity contribution in [2.75, 3.05) is 0 Å². The molecule has 0 heterocycles. The van der Waals surface area contributed by atoms with Gasteiger partial charge in [-0.25, -0.2) is 0 Å². The van der Waals surface area contributed by atoms with Crippen molar-refractivity contribution in [2.24, 2.45) is 0 Å². The predicted molar refractivity (Wildman–Crippen MR) is 222 cm³/mol. The molecule has 1 atom stereocenters. The van der Waals surface area contributed by atoms with E-state index in [9.17, 15) is 9.90 Å². The quantitative estimate of drug-likeness (QED) is 0.0958. The summed E-state index contributed by atoms with van der Waals surface area (Å²) < 4.78 is 0. The summed E-state index contributed by atoms with van der Waals surface area (Å²) in [6.07, 6.45) is 0.742. The molecule has 0 amide bonds. The molecule has 4 rings (SSSR count). The van der Waals surface area contributed by atoms with Crippen LogP contribution < -0.4 is 0 Å². The van der Waals surface area contributed by atoms with Crippen molar-refractivity contribution < 1.29 is 9.90 Å². The van der Waals surface area contributed by atoms with Gasteiger partial charge in [0, 0.05) is 6.42 Å². The molecule has 1 N–H and O–H groups in total. The van der Waals surface area contributed by atoms with Gasteiger partial charge in [-0.2, -0.15) is 0 Å². The van der Waals surface area contributed by atoms with Gasteiger partial charge in [0.1, 0.15) is 8.07 Å². The first kappa shape index (κ1) is 39.7. The molecule has 0 saturated heterocycles. The summed E-state index contributed by atoms with van der Waals surface area (Å²) in [4.78, 5) is 12.4. The lowest BCUT2D eigenvalue weighted by atomic mass is 9.65. The first-order chi connectivity index (χ1) is 25.7. The Bertz CT molecular complexity index is 2100. The Labute approximate surface area is 318 Å². The number of carbonyl (C=O) groups is 1. The molecule has 0 saturated carbocycles. The zero-order chi connectivity index (χ0) is 38.1. The first-order valence-corrected chi connectivity index (χ1v) is 20.4. The molecule has 0 aliphatic rings. The zero-order valence-corrected chi connectivity index (χ0v) is 32.5. The standard InChI is InChI=1S/C50H46O2Si/c1-40(2)53(41(3)4,42(5)6)39-27-16-14-12-10-8-7-9-11-13-15-26-34-48(49(51)52)43-35-37-47(38-36-43)50(44-28-20-17-21-29-44,45-30-22-18-23-31-45)46-32-24-19-25-33-46/h17-25,28-33,35-38,40-42,48H,26,34H2,1-6H3,(H,51,52). The minimum atomic E-state index is -1.80. The van der Waals surface area contributed by atoms with Crippen LogP contribution >= 0.6 is 0 Å². The highest BCUT2D eigenvalue weighted by Gasteiger charge is 2.42. The number of hydrogen-bond acceptors (Lipinski definition) is 1. The van der Waals surface area contributed by atoms with Crippen LogP contribution in [0.1, 0.15) is 88.1 Å². The lowest BCUT2D eigenvalue weighted by molar-refractivity contribution is -0.138. The van der Waals surface area contributed by atoms with Gasteiger partial charge in [0.05, 0.1) is 11.3 Å². The lowest BCUT2D eigenvalue weighted by Crippen LogP contribution is -2.43. The van der Waals surface area contributed by atoms with Gasteiger partial charge < -0.3 is 5.11 Å². The van der Waals surface area contributed by atoms with Crippen molar-refractivity contribution in [3.05, 3.63) is 143 Å². The van der Waals surface area contributed by atoms with E-state index in [0.29, 0.717) is 29.5 Å². The Hall–Kier alpha value is -6.07. The summed E-state index contributed by atoms with van der Waals surface area (Å²) in [5, 5.41) is 10.2. The van der Waals surface area contributed by atoms with Crippen LogP contribution in [-0.2, 0) is 10.2 Å². The molecule has 3 heteroatoms. The van der Waals surface area contributed by atoms with E-state index in [1.807, 2.05) is 30.3 Å². The Morgan fingerprint density at radius 1 is 0.528 bits per heavy atom. The largest absolute Gasteiger partial charge is 0.481 e. The van der Waals surface area contributed by atoms with E-state index in [0.717, 1.165) is 27.8 Å². The number of aliphatic carboxylic acids is 1. The number of benzene rings is 4. The van der Waals surface area contributed by atoms with Gasteiger partial charge in [0.2, 0.25) is 0 Å². The van der Waals surface area contributed by atoms with Crippen molar-refractivity contribution in [2.45, 2.75) is 82.3 Å². The lowest BCUT2D eigenvalue weighted by Gasteiger charge is -2.37. The second-order valence-corrected chi connectivity index (χ2v) is 19.4. The van der Waals surface area contributed by atoms with E-state index in [-0.39, 0.29) is 0 Å². The minimum Gasteiger partial charge on any atom is -0.481 e. The molecular weight excluding hydrogens is 661 g/mol. The monoisotopic (exact) mass is 706 g/mol. The van der Waals surface area contributed by atoms with Gasteiger partial charge in [-0.1, -0.05) is 163 Å². The molecule has 262 valence electrons. The van der Waals surface area contributed by atoms with E-state index in [4.69, 9.17) is 0 Å². The summed E-state index contributed by atoms with van der Waals surface area (Å²) in [5.74, 6) is 29.0. The van der Waals surface area contributed by atoms with E-state index in [1.54, 1.807) is 0 Å². The van der Waals surface area contributed by atoms with Gasteiger partial charge in [0.25, 0.3) is 0 Å². The van der Waals surface area contributed by atoms with E-state index >= 15 is 0 Å². The molecule has 0 fully saturated rings. The molecule has 4 aromatic carbocycles. The van der Waals surface area contributed by atoms with Crippen LogP contribution in [0.15, 0.2) is 115 Å². The normalized spacial score (nSPS) is 11.0. The highest BCUT2D eigenvalue weighted by Crippen LogP contribution is 2.45. The Morgan fingerprint density at radius 2 is 0.887 bits per heavy atom. The zero-order valence-electron chi connectivity index (χ0n) is 31.5. The van der Waals surface area contributed by atoms with Gasteiger partial charge >= 0.3 is 5.97 Å². The molecule has 4 aromatic rings. The van der Waals surface area contributed by atoms with Crippen LogP contribution in [0, 0.1) is 70.7 Å². The van der Waals surface area contributed by atoms with Crippen LogP contribution in [0.2, 0.25) is 16.6 Å². The molecule has 0 aliphatic carbocycles. The first-order valence-electron chi connectivity index (χ1n) is 18.2. The maximum atomic E-state index is 12.4. The van der Waals surface area contributed by atoms with Crippen molar-refractivity contribution >= 4 is 14.0 Å². The number of hydrogen-bond donors (Lipinski definition) is 1.